The summed E-state index contributed by atoms with van der Waals surface area (Å²) in [4.78, 5) is 4.47. The Morgan fingerprint density at radius 2 is 0.962 bits per heavy atom. The van der Waals surface area contributed by atoms with Crippen LogP contribution in [0.15, 0.2) is 176 Å². The number of nitrogens with zero attached hydrogens (tertiary/aromatic N) is 2. The third-order valence-corrected chi connectivity index (χ3v) is 11.1. The zero-order valence-electron chi connectivity index (χ0n) is 33.6. The van der Waals surface area contributed by atoms with Gasteiger partial charge in [-0.25, -0.2) is 4.98 Å². The van der Waals surface area contributed by atoms with E-state index < -0.39 is 13.2 Å². The summed E-state index contributed by atoms with van der Waals surface area (Å²) in [6.07, 6.45) is -2.66. The van der Waals surface area contributed by atoms with Crippen LogP contribution in [-0.4, -0.2) is 9.55 Å². The van der Waals surface area contributed by atoms with Crippen molar-refractivity contribution in [3.8, 4) is 61.3 Å². The number of hydrogen-bond acceptors (Lipinski definition) is 1. The van der Waals surface area contributed by atoms with Gasteiger partial charge in [0.05, 0.1) is 11.0 Å². The van der Waals surface area contributed by atoms with Gasteiger partial charge >= 0.3 is 0 Å². The quantitative estimate of drug-likeness (QED) is 0.166. The first-order valence-electron chi connectivity index (χ1n) is 20.5. The summed E-state index contributed by atoms with van der Waals surface area (Å²) in [6.45, 7) is -2.89. The number of benzene rings is 9. The average molecular weight is 680 g/mol. The molecule has 0 N–H and O–H groups in total. The van der Waals surface area contributed by atoms with Gasteiger partial charge in [-0.15, -0.1) is 0 Å². The molecule has 2 nitrogen and oxygen atoms in total. The lowest BCUT2D eigenvalue weighted by atomic mass is 9.84. The molecule has 0 radical (unpaired) electrons. The van der Waals surface area contributed by atoms with Crippen molar-refractivity contribution in [1.82, 2.24) is 9.55 Å². The van der Waals surface area contributed by atoms with E-state index in [1.807, 2.05) is 42.5 Å². The molecular formula is C51H34N2. The lowest BCUT2D eigenvalue weighted by Gasteiger charge is -2.19. The number of imidazole rings is 1. The Bertz CT molecular complexity index is 3200. The lowest BCUT2D eigenvalue weighted by molar-refractivity contribution is 0.908. The number of rotatable bonds is 5. The highest BCUT2D eigenvalue weighted by Gasteiger charge is 2.24. The van der Waals surface area contributed by atoms with Crippen molar-refractivity contribution in [3.05, 3.63) is 182 Å². The van der Waals surface area contributed by atoms with Crippen LogP contribution in [0.5, 0.6) is 0 Å². The molecule has 0 bridgehead atoms. The molecule has 1 aliphatic rings. The van der Waals surface area contributed by atoms with Gasteiger partial charge in [0.25, 0.3) is 0 Å². The third-order valence-electron chi connectivity index (χ3n) is 11.1. The van der Waals surface area contributed by atoms with Gasteiger partial charge in [0.15, 0.2) is 0 Å². The number of aromatic nitrogens is 2. The van der Waals surface area contributed by atoms with Crippen LogP contribution in [0.1, 0.15) is 19.5 Å². The molecule has 9 aromatic carbocycles. The van der Waals surface area contributed by atoms with E-state index in [4.69, 9.17) is 6.85 Å². The molecule has 1 aliphatic carbocycles. The van der Waals surface area contributed by atoms with Crippen LogP contribution in [-0.2, 0) is 6.37 Å². The van der Waals surface area contributed by atoms with Gasteiger partial charge in [-0.1, -0.05) is 159 Å². The standard InChI is InChI=1S/C51H34N2/c1-2-48-52-46-20-9-10-21-47(46)53(48)35-28-26-33(27-29-35)32-22-24-34(25-23-32)49-39-14-5-7-16-41(39)51(42-17-8-6-15-40(42)49)45-31-30-44-37-13-4-3-12-36(37)38-18-11-19-43(45)50(38)44/h3-31H,2H2,1H3/i1D3,2D2. The molecule has 0 amide bonds. The lowest BCUT2D eigenvalue weighted by Crippen LogP contribution is -1.99. The monoisotopic (exact) mass is 679 g/mol. The van der Waals surface area contributed by atoms with Crippen LogP contribution in [0.3, 0.4) is 0 Å². The Morgan fingerprint density at radius 3 is 1.64 bits per heavy atom. The topological polar surface area (TPSA) is 17.8 Å². The Labute approximate surface area is 315 Å². The van der Waals surface area contributed by atoms with Crippen LogP contribution < -0.4 is 0 Å². The van der Waals surface area contributed by atoms with E-state index >= 15 is 0 Å². The Morgan fingerprint density at radius 1 is 0.453 bits per heavy atom. The summed E-state index contributed by atoms with van der Waals surface area (Å²) in [6, 6.07) is 61.3. The molecule has 248 valence electrons. The number of fused-ring (bicyclic) bond motifs is 6. The fourth-order valence-corrected chi connectivity index (χ4v) is 8.76. The van der Waals surface area contributed by atoms with Crippen LogP contribution in [0, 0.1) is 0 Å². The summed E-state index contributed by atoms with van der Waals surface area (Å²) < 4.78 is 42.6. The molecule has 0 aliphatic heterocycles. The van der Waals surface area contributed by atoms with E-state index in [9.17, 15) is 0 Å². The van der Waals surface area contributed by atoms with E-state index in [1.54, 1.807) is 10.6 Å². The van der Waals surface area contributed by atoms with Crippen molar-refractivity contribution in [2.75, 3.05) is 0 Å². The third kappa shape index (κ3) is 4.42. The maximum Gasteiger partial charge on any atom is 0.114 e. The molecule has 2 heteroatoms. The minimum atomic E-state index is -2.89. The SMILES string of the molecule is [2H]C([2H])([2H])C([2H])([2H])c1nc2ccccc2n1-c1ccc(-c2ccc(-c3c4ccccc4c(-c4ccc5c6c(cccc46)-c4ccccc4-5)c4ccccc34)cc2)cc1. The Balaban J connectivity index is 1.02. The summed E-state index contributed by atoms with van der Waals surface area (Å²) in [5, 5.41) is 7.39. The van der Waals surface area contributed by atoms with Crippen LogP contribution in [0.2, 0.25) is 0 Å². The highest BCUT2D eigenvalue weighted by atomic mass is 15.1. The Hall–Kier alpha value is -6.77. The molecule has 11 rings (SSSR count). The molecule has 0 spiro atoms. The van der Waals surface area contributed by atoms with E-state index in [2.05, 4.69) is 132 Å². The molecule has 53 heavy (non-hydrogen) atoms. The van der Waals surface area contributed by atoms with Gasteiger partial charge < -0.3 is 0 Å². The first-order valence-corrected chi connectivity index (χ1v) is 18.0. The second kappa shape index (κ2) is 11.6. The zero-order valence-corrected chi connectivity index (χ0v) is 28.6. The number of aryl methyl sites for hydroxylation is 1. The van der Waals surface area contributed by atoms with Crippen molar-refractivity contribution in [3.63, 3.8) is 0 Å². The van der Waals surface area contributed by atoms with Crippen molar-refractivity contribution < 1.29 is 6.85 Å². The van der Waals surface area contributed by atoms with Crippen molar-refractivity contribution in [2.45, 2.75) is 13.2 Å². The number of para-hydroxylation sites is 2. The minimum Gasteiger partial charge on any atom is -0.296 e. The van der Waals surface area contributed by atoms with E-state index in [0.717, 1.165) is 16.7 Å². The first-order chi connectivity index (χ1) is 28.2. The van der Waals surface area contributed by atoms with Crippen LogP contribution >= 0.6 is 0 Å². The van der Waals surface area contributed by atoms with E-state index in [1.165, 1.54) is 71.3 Å². The maximum absolute atomic E-state index is 8.56. The predicted molar refractivity (Wildman–Crippen MR) is 224 cm³/mol. The normalized spacial score (nSPS) is 13.8. The minimum absolute atomic E-state index is 0.143. The van der Waals surface area contributed by atoms with Gasteiger partial charge in [0.2, 0.25) is 0 Å². The molecule has 0 saturated heterocycles. The average Bonchev–Trinajstić information content (AvgIpc) is 3.81. The second-order valence-corrected chi connectivity index (χ2v) is 13.8. The highest BCUT2D eigenvalue weighted by Crippen LogP contribution is 2.51. The van der Waals surface area contributed by atoms with Crippen LogP contribution in [0.4, 0.5) is 0 Å². The predicted octanol–water partition coefficient (Wildman–Crippen LogP) is 13.7. The van der Waals surface area contributed by atoms with Gasteiger partial charge in [-0.3, -0.25) is 4.57 Å². The molecule has 1 aromatic heterocycles. The fourth-order valence-electron chi connectivity index (χ4n) is 8.76. The number of hydrogen-bond donors (Lipinski definition) is 0. The summed E-state index contributed by atoms with van der Waals surface area (Å²) in [5.74, 6) is -0.143. The molecule has 10 aromatic rings. The highest BCUT2D eigenvalue weighted by molar-refractivity contribution is 6.26. The molecule has 0 unspecified atom stereocenters. The first kappa shape index (κ1) is 25.2. The van der Waals surface area contributed by atoms with Crippen molar-refractivity contribution in [1.29, 1.82) is 0 Å². The fraction of sp³-hybridized carbons (Fsp3) is 0.0392. The molecule has 0 atom stereocenters. The van der Waals surface area contributed by atoms with Gasteiger partial charge in [-0.05, 0) is 112 Å². The summed E-state index contributed by atoms with van der Waals surface area (Å²) in [7, 11) is 0. The molecular weight excluding hydrogens is 641 g/mol. The van der Waals surface area contributed by atoms with Crippen molar-refractivity contribution >= 4 is 43.4 Å². The largest absolute Gasteiger partial charge is 0.296 e. The van der Waals surface area contributed by atoms with Gasteiger partial charge in [0, 0.05) is 18.9 Å². The maximum atomic E-state index is 8.56. The van der Waals surface area contributed by atoms with E-state index in [-0.39, 0.29) is 5.82 Å². The van der Waals surface area contributed by atoms with Gasteiger partial charge in [0.1, 0.15) is 5.82 Å². The zero-order chi connectivity index (χ0) is 39.3. The summed E-state index contributed by atoms with van der Waals surface area (Å²) >= 11 is 0. The molecule has 0 fully saturated rings. The van der Waals surface area contributed by atoms with Crippen LogP contribution in [0.25, 0.3) is 105 Å². The van der Waals surface area contributed by atoms with E-state index in [0.29, 0.717) is 16.7 Å². The van der Waals surface area contributed by atoms with Gasteiger partial charge in [-0.2, -0.15) is 0 Å². The molecule has 1 heterocycles. The second-order valence-electron chi connectivity index (χ2n) is 13.8. The molecule has 0 saturated carbocycles. The smallest absolute Gasteiger partial charge is 0.114 e. The van der Waals surface area contributed by atoms with Crippen molar-refractivity contribution in [2.24, 2.45) is 0 Å². The summed E-state index contributed by atoms with van der Waals surface area (Å²) in [5.41, 5.74) is 13.8. The Kier molecular flexibility index (Phi) is 5.53.